The van der Waals surface area contributed by atoms with E-state index in [9.17, 15) is 0 Å². The lowest BCUT2D eigenvalue weighted by molar-refractivity contribution is 0.642. The topological polar surface area (TPSA) is 51.8 Å². The van der Waals surface area contributed by atoms with Crippen LogP contribution in [-0.4, -0.2) is 16.0 Å². The van der Waals surface area contributed by atoms with Crippen molar-refractivity contribution in [3.8, 4) is 0 Å². The first-order valence-electron chi connectivity index (χ1n) is 6.92. The SMILES string of the molecule is CCC(N)Cc1cnc(CSc2ccc(C)cc2)nc1. The molecule has 1 atom stereocenters. The fourth-order valence-corrected chi connectivity index (χ4v) is 2.56. The number of aromatic nitrogens is 2. The third kappa shape index (κ3) is 4.62. The summed E-state index contributed by atoms with van der Waals surface area (Å²) in [5, 5.41) is 0. The molecule has 2 aromatic rings. The van der Waals surface area contributed by atoms with Crippen molar-refractivity contribution in [2.75, 3.05) is 0 Å². The summed E-state index contributed by atoms with van der Waals surface area (Å²) in [6.07, 6.45) is 5.62. The van der Waals surface area contributed by atoms with Gasteiger partial charge >= 0.3 is 0 Å². The van der Waals surface area contributed by atoms with Gasteiger partial charge < -0.3 is 5.73 Å². The summed E-state index contributed by atoms with van der Waals surface area (Å²) in [7, 11) is 0. The second-order valence-electron chi connectivity index (χ2n) is 4.98. The zero-order valence-electron chi connectivity index (χ0n) is 12.0. The number of benzene rings is 1. The highest BCUT2D eigenvalue weighted by molar-refractivity contribution is 7.98. The number of thioether (sulfide) groups is 1. The Bertz CT molecular complexity index is 522. The smallest absolute Gasteiger partial charge is 0.138 e. The first-order valence-corrected chi connectivity index (χ1v) is 7.90. The van der Waals surface area contributed by atoms with Crippen LogP contribution in [0.25, 0.3) is 0 Å². The van der Waals surface area contributed by atoms with Crippen molar-refractivity contribution < 1.29 is 0 Å². The molecule has 0 aliphatic heterocycles. The van der Waals surface area contributed by atoms with Crippen LogP contribution in [-0.2, 0) is 12.2 Å². The van der Waals surface area contributed by atoms with Crippen molar-refractivity contribution in [3.05, 3.63) is 53.6 Å². The van der Waals surface area contributed by atoms with Crippen LogP contribution in [0.2, 0.25) is 0 Å². The third-order valence-corrected chi connectivity index (χ3v) is 4.18. The Morgan fingerprint density at radius 2 is 1.80 bits per heavy atom. The van der Waals surface area contributed by atoms with E-state index >= 15 is 0 Å². The predicted molar refractivity (Wildman–Crippen MR) is 84.7 cm³/mol. The molecule has 1 aromatic heterocycles. The molecule has 0 amide bonds. The van der Waals surface area contributed by atoms with Gasteiger partial charge in [0, 0.05) is 23.3 Å². The van der Waals surface area contributed by atoms with Crippen LogP contribution in [0.3, 0.4) is 0 Å². The summed E-state index contributed by atoms with van der Waals surface area (Å²) < 4.78 is 0. The third-order valence-electron chi connectivity index (χ3n) is 3.17. The molecule has 0 radical (unpaired) electrons. The van der Waals surface area contributed by atoms with Crippen LogP contribution in [0, 0.1) is 6.92 Å². The predicted octanol–water partition coefficient (Wildman–Crippen LogP) is 3.36. The van der Waals surface area contributed by atoms with E-state index in [1.165, 1.54) is 10.5 Å². The van der Waals surface area contributed by atoms with Gasteiger partial charge in [-0.15, -0.1) is 11.8 Å². The number of nitrogens with zero attached hydrogens (tertiary/aromatic N) is 2. The molecule has 1 heterocycles. The van der Waals surface area contributed by atoms with Crippen molar-refractivity contribution >= 4 is 11.8 Å². The average molecular weight is 287 g/mol. The normalized spacial score (nSPS) is 12.3. The molecule has 0 fully saturated rings. The monoisotopic (exact) mass is 287 g/mol. The first-order chi connectivity index (χ1) is 9.67. The number of hydrogen-bond acceptors (Lipinski definition) is 4. The Kier molecular flexibility index (Phi) is 5.56. The van der Waals surface area contributed by atoms with Crippen molar-refractivity contribution in [2.45, 2.75) is 43.4 Å². The largest absolute Gasteiger partial charge is 0.327 e. The lowest BCUT2D eigenvalue weighted by atomic mass is 10.1. The Morgan fingerprint density at radius 1 is 1.15 bits per heavy atom. The van der Waals surface area contributed by atoms with Crippen molar-refractivity contribution in [2.24, 2.45) is 5.73 Å². The standard InChI is InChI=1S/C16H21N3S/c1-3-14(17)8-13-9-18-16(19-10-13)11-20-15-6-4-12(2)5-7-15/h4-7,9-10,14H,3,8,11,17H2,1-2H3. The van der Waals surface area contributed by atoms with Crippen LogP contribution in [0.5, 0.6) is 0 Å². The lowest BCUT2D eigenvalue weighted by Crippen LogP contribution is -2.21. The Morgan fingerprint density at radius 3 is 2.40 bits per heavy atom. The number of rotatable bonds is 6. The van der Waals surface area contributed by atoms with E-state index in [2.05, 4.69) is 48.1 Å². The van der Waals surface area contributed by atoms with Gasteiger partial charge in [0.1, 0.15) is 5.82 Å². The average Bonchev–Trinajstić information content (AvgIpc) is 2.48. The van der Waals surface area contributed by atoms with E-state index in [-0.39, 0.29) is 6.04 Å². The van der Waals surface area contributed by atoms with Gasteiger partial charge in [-0.05, 0) is 37.5 Å². The zero-order chi connectivity index (χ0) is 14.4. The van der Waals surface area contributed by atoms with Gasteiger partial charge in [-0.1, -0.05) is 24.6 Å². The fraction of sp³-hybridized carbons (Fsp3) is 0.375. The molecular weight excluding hydrogens is 266 g/mol. The van der Waals surface area contributed by atoms with Crippen molar-refractivity contribution in [1.82, 2.24) is 9.97 Å². The number of aryl methyl sites for hydroxylation is 1. The summed E-state index contributed by atoms with van der Waals surface area (Å²) in [5.74, 6) is 1.66. The molecule has 3 nitrogen and oxygen atoms in total. The van der Waals surface area contributed by atoms with Gasteiger partial charge in [0.25, 0.3) is 0 Å². The van der Waals surface area contributed by atoms with E-state index in [1.54, 1.807) is 11.8 Å². The molecule has 0 bridgehead atoms. The second kappa shape index (κ2) is 7.41. The van der Waals surface area contributed by atoms with Crippen LogP contribution >= 0.6 is 11.8 Å². The molecule has 2 rings (SSSR count). The molecule has 0 saturated carbocycles. The van der Waals surface area contributed by atoms with E-state index in [0.717, 1.165) is 30.0 Å². The highest BCUT2D eigenvalue weighted by atomic mass is 32.2. The maximum atomic E-state index is 5.93. The Labute approximate surface area is 125 Å². The molecule has 0 saturated heterocycles. The van der Waals surface area contributed by atoms with E-state index in [1.807, 2.05) is 12.4 Å². The zero-order valence-corrected chi connectivity index (χ0v) is 12.9. The summed E-state index contributed by atoms with van der Waals surface area (Å²) in [5.41, 5.74) is 8.32. The molecule has 0 spiro atoms. The minimum Gasteiger partial charge on any atom is -0.327 e. The Hall–Kier alpha value is -1.39. The Balaban J connectivity index is 1.89. The summed E-state index contributed by atoms with van der Waals surface area (Å²) in [6.45, 7) is 4.19. The summed E-state index contributed by atoms with van der Waals surface area (Å²) >= 11 is 1.76. The number of nitrogens with two attached hydrogens (primary N) is 1. The molecule has 1 unspecified atom stereocenters. The minimum atomic E-state index is 0.200. The van der Waals surface area contributed by atoms with Gasteiger partial charge in [0.15, 0.2) is 0 Å². The van der Waals surface area contributed by atoms with Crippen LogP contribution in [0.15, 0.2) is 41.6 Å². The van der Waals surface area contributed by atoms with Gasteiger partial charge in [0.05, 0.1) is 5.75 Å². The van der Waals surface area contributed by atoms with Crippen LogP contribution < -0.4 is 5.73 Å². The minimum absolute atomic E-state index is 0.200. The molecular formula is C16H21N3S. The fourth-order valence-electron chi connectivity index (χ4n) is 1.79. The summed E-state index contributed by atoms with van der Waals surface area (Å²) in [6, 6.07) is 8.71. The molecule has 0 aliphatic carbocycles. The van der Waals surface area contributed by atoms with Crippen molar-refractivity contribution in [1.29, 1.82) is 0 Å². The second-order valence-corrected chi connectivity index (χ2v) is 6.03. The van der Waals surface area contributed by atoms with Crippen LogP contribution in [0.4, 0.5) is 0 Å². The quantitative estimate of drug-likeness (QED) is 0.828. The maximum Gasteiger partial charge on any atom is 0.138 e. The molecule has 2 N–H and O–H groups in total. The van der Waals surface area contributed by atoms with E-state index in [4.69, 9.17) is 5.73 Å². The lowest BCUT2D eigenvalue weighted by Gasteiger charge is -2.08. The highest BCUT2D eigenvalue weighted by Crippen LogP contribution is 2.21. The molecule has 20 heavy (non-hydrogen) atoms. The maximum absolute atomic E-state index is 5.93. The van der Waals surface area contributed by atoms with Gasteiger partial charge in [0.2, 0.25) is 0 Å². The highest BCUT2D eigenvalue weighted by Gasteiger charge is 2.04. The van der Waals surface area contributed by atoms with Gasteiger partial charge in [-0.2, -0.15) is 0 Å². The molecule has 106 valence electrons. The first kappa shape index (κ1) is 15.0. The van der Waals surface area contributed by atoms with Gasteiger partial charge in [-0.3, -0.25) is 0 Å². The molecule has 1 aromatic carbocycles. The molecule has 0 aliphatic rings. The van der Waals surface area contributed by atoms with E-state index in [0.29, 0.717) is 0 Å². The number of hydrogen-bond donors (Lipinski definition) is 1. The molecule has 4 heteroatoms. The van der Waals surface area contributed by atoms with E-state index < -0.39 is 0 Å². The van der Waals surface area contributed by atoms with Crippen LogP contribution in [0.1, 0.15) is 30.3 Å². The van der Waals surface area contributed by atoms with Gasteiger partial charge in [-0.25, -0.2) is 9.97 Å². The van der Waals surface area contributed by atoms with Crippen molar-refractivity contribution in [3.63, 3.8) is 0 Å². The summed E-state index contributed by atoms with van der Waals surface area (Å²) in [4.78, 5) is 10.1.